The summed E-state index contributed by atoms with van der Waals surface area (Å²) in [6, 6.07) is 109. The van der Waals surface area contributed by atoms with E-state index in [0.717, 1.165) is 17.1 Å². The summed E-state index contributed by atoms with van der Waals surface area (Å²) in [5.74, 6) is 0. The van der Waals surface area contributed by atoms with Gasteiger partial charge >= 0.3 is 0 Å². The fourth-order valence-corrected chi connectivity index (χ4v) is 11.4. The van der Waals surface area contributed by atoms with Gasteiger partial charge in [-0.25, -0.2) is 0 Å². The normalized spacial score (nSPS) is 12.3. The molecule has 0 spiro atoms. The molecule has 13 rings (SSSR count). The van der Waals surface area contributed by atoms with Crippen molar-refractivity contribution in [1.29, 1.82) is 0 Å². The molecule has 0 radical (unpaired) electrons. The van der Waals surface area contributed by atoms with E-state index >= 15 is 0 Å². The Labute approximate surface area is 422 Å². The molecule has 0 N–H and O–H groups in total. The first kappa shape index (κ1) is 42.8. The molecule has 338 valence electrons. The van der Waals surface area contributed by atoms with Crippen LogP contribution in [0.3, 0.4) is 0 Å². The third kappa shape index (κ3) is 7.51. The molecule has 0 bridgehead atoms. The second kappa shape index (κ2) is 18.2. The van der Waals surface area contributed by atoms with Crippen LogP contribution in [0.4, 0.5) is 17.1 Å². The molecular weight excluding hydrogens is 867 g/mol. The molecule has 0 saturated heterocycles. The third-order valence-electron chi connectivity index (χ3n) is 14.7. The molecule has 1 aliphatic rings. The van der Waals surface area contributed by atoms with Gasteiger partial charge in [0.15, 0.2) is 0 Å². The van der Waals surface area contributed by atoms with Crippen molar-refractivity contribution in [3.8, 4) is 66.8 Å². The molecule has 0 saturated carbocycles. The zero-order chi connectivity index (χ0) is 47.8. The van der Waals surface area contributed by atoms with Gasteiger partial charge in [0, 0.05) is 17.1 Å². The summed E-state index contributed by atoms with van der Waals surface area (Å²) in [5, 5.41) is 2.51. The standard InChI is InChI=1S/C71H49N/c1-4-18-50(19-5-1)59-26-16-31-65(49-59)72(63-42-38-52(39-43-63)55-22-14-23-56(46-55)57-24-15-25-58(48-57)60-37-36-51-20-10-11-21-54(51)47-60)64-44-40-53(41-45-64)66-33-17-35-69-70(66)67-32-12-13-34-68(67)71(69,61-27-6-2-7-28-61)62-29-8-3-9-30-62/h1-49H. The summed E-state index contributed by atoms with van der Waals surface area (Å²) >= 11 is 0. The Kier molecular flexibility index (Phi) is 10.8. The van der Waals surface area contributed by atoms with Crippen LogP contribution in [-0.4, -0.2) is 0 Å². The van der Waals surface area contributed by atoms with E-state index < -0.39 is 5.41 Å². The second-order valence-electron chi connectivity index (χ2n) is 18.8. The van der Waals surface area contributed by atoms with Gasteiger partial charge in [-0.1, -0.05) is 243 Å². The quantitative estimate of drug-likeness (QED) is 0.132. The highest BCUT2D eigenvalue weighted by molar-refractivity contribution is 5.96. The van der Waals surface area contributed by atoms with Gasteiger partial charge in [-0.3, -0.25) is 0 Å². The van der Waals surface area contributed by atoms with Crippen LogP contribution in [0.15, 0.2) is 297 Å². The first-order valence-corrected chi connectivity index (χ1v) is 24.9. The zero-order valence-corrected chi connectivity index (χ0v) is 39.7. The molecule has 0 atom stereocenters. The minimum absolute atomic E-state index is 0.456. The Morgan fingerprint density at radius 1 is 0.222 bits per heavy atom. The lowest BCUT2D eigenvalue weighted by molar-refractivity contribution is 0.768. The predicted octanol–water partition coefficient (Wildman–Crippen LogP) is 19.0. The molecule has 0 aliphatic heterocycles. The average Bonchev–Trinajstić information content (AvgIpc) is 3.78. The summed E-state index contributed by atoms with van der Waals surface area (Å²) in [6.07, 6.45) is 0. The second-order valence-corrected chi connectivity index (χ2v) is 18.8. The zero-order valence-electron chi connectivity index (χ0n) is 39.7. The van der Waals surface area contributed by atoms with Crippen molar-refractivity contribution >= 4 is 27.8 Å². The molecule has 0 unspecified atom stereocenters. The van der Waals surface area contributed by atoms with Gasteiger partial charge in [-0.2, -0.15) is 0 Å². The summed E-state index contributed by atoms with van der Waals surface area (Å²) in [7, 11) is 0. The van der Waals surface area contributed by atoms with Crippen molar-refractivity contribution in [3.63, 3.8) is 0 Å². The molecule has 0 fully saturated rings. The van der Waals surface area contributed by atoms with Crippen LogP contribution in [0.1, 0.15) is 22.3 Å². The molecule has 0 heterocycles. The van der Waals surface area contributed by atoms with Gasteiger partial charge in [-0.05, 0) is 154 Å². The van der Waals surface area contributed by atoms with Crippen LogP contribution >= 0.6 is 0 Å². The topological polar surface area (TPSA) is 3.24 Å². The molecule has 1 nitrogen and oxygen atoms in total. The van der Waals surface area contributed by atoms with Crippen molar-refractivity contribution in [1.82, 2.24) is 0 Å². The smallest absolute Gasteiger partial charge is 0.0713 e. The lowest BCUT2D eigenvalue weighted by atomic mass is 9.67. The maximum Gasteiger partial charge on any atom is 0.0713 e. The lowest BCUT2D eigenvalue weighted by Gasteiger charge is -2.34. The highest BCUT2D eigenvalue weighted by atomic mass is 15.1. The minimum Gasteiger partial charge on any atom is -0.310 e. The lowest BCUT2D eigenvalue weighted by Crippen LogP contribution is -2.28. The summed E-state index contributed by atoms with van der Waals surface area (Å²) < 4.78 is 0. The maximum atomic E-state index is 2.38. The van der Waals surface area contributed by atoms with E-state index in [0.29, 0.717) is 0 Å². The van der Waals surface area contributed by atoms with Crippen molar-refractivity contribution < 1.29 is 0 Å². The molecular formula is C71H49N. The minimum atomic E-state index is -0.456. The van der Waals surface area contributed by atoms with Crippen molar-refractivity contribution in [2.75, 3.05) is 4.90 Å². The van der Waals surface area contributed by atoms with Crippen LogP contribution in [0.5, 0.6) is 0 Å². The number of anilines is 3. The molecule has 1 aliphatic carbocycles. The predicted molar refractivity (Wildman–Crippen MR) is 303 cm³/mol. The number of benzene rings is 12. The van der Waals surface area contributed by atoms with Crippen molar-refractivity contribution in [2.45, 2.75) is 5.41 Å². The Bertz CT molecular complexity index is 3850. The van der Waals surface area contributed by atoms with E-state index in [1.54, 1.807) is 0 Å². The monoisotopic (exact) mass is 915 g/mol. The SMILES string of the molecule is c1ccc(-c2cccc(N(c3ccc(-c4cccc(-c5cccc(-c6ccc7ccccc7c6)c5)c4)cc3)c3ccc(-c4cccc5c4-c4ccccc4C5(c4ccccc4)c4ccccc4)cc3)c2)cc1. The van der Waals surface area contributed by atoms with Crippen LogP contribution in [0, 0.1) is 0 Å². The fourth-order valence-electron chi connectivity index (χ4n) is 11.4. The van der Waals surface area contributed by atoms with Crippen molar-refractivity contribution in [3.05, 3.63) is 320 Å². The molecule has 0 amide bonds. The summed E-state index contributed by atoms with van der Waals surface area (Å²) in [5.41, 5.74) is 22.5. The van der Waals surface area contributed by atoms with Gasteiger partial charge in [0.1, 0.15) is 0 Å². The molecule has 72 heavy (non-hydrogen) atoms. The molecule has 12 aromatic rings. The number of rotatable bonds is 10. The number of nitrogens with zero attached hydrogens (tertiary/aromatic N) is 1. The van der Waals surface area contributed by atoms with Crippen LogP contribution < -0.4 is 4.90 Å². The Morgan fingerprint density at radius 2 is 0.639 bits per heavy atom. The molecule has 12 aromatic carbocycles. The fraction of sp³-hybridized carbons (Fsp3) is 0.0141. The van der Waals surface area contributed by atoms with Gasteiger partial charge < -0.3 is 4.90 Å². The number of hydrogen-bond donors (Lipinski definition) is 0. The Balaban J connectivity index is 0.874. The average molecular weight is 916 g/mol. The maximum absolute atomic E-state index is 2.38. The highest BCUT2D eigenvalue weighted by Crippen LogP contribution is 2.58. The first-order valence-electron chi connectivity index (χ1n) is 24.9. The Hall–Kier alpha value is -9.30. The van der Waals surface area contributed by atoms with Crippen LogP contribution in [-0.2, 0) is 5.41 Å². The number of hydrogen-bond acceptors (Lipinski definition) is 1. The Morgan fingerprint density at radius 3 is 1.28 bits per heavy atom. The van der Waals surface area contributed by atoms with E-state index in [1.165, 1.54) is 99.8 Å². The van der Waals surface area contributed by atoms with E-state index in [2.05, 4.69) is 302 Å². The van der Waals surface area contributed by atoms with Crippen LogP contribution in [0.2, 0.25) is 0 Å². The largest absolute Gasteiger partial charge is 0.310 e. The summed E-state index contributed by atoms with van der Waals surface area (Å²) in [6.45, 7) is 0. The first-order chi connectivity index (χ1) is 35.7. The molecule has 0 aromatic heterocycles. The molecule has 1 heteroatoms. The van der Waals surface area contributed by atoms with Gasteiger partial charge in [0.05, 0.1) is 5.41 Å². The van der Waals surface area contributed by atoms with Crippen LogP contribution in [0.25, 0.3) is 77.5 Å². The highest BCUT2D eigenvalue weighted by Gasteiger charge is 2.46. The third-order valence-corrected chi connectivity index (χ3v) is 14.7. The van der Waals surface area contributed by atoms with E-state index in [9.17, 15) is 0 Å². The van der Waals surface area contributed by atoms with E-state index in [4.69, 9.17) is 0 Å². The summed E-state index contributed by atoms with van der Waals surface area (Å²) in [4.78, 5) is 2.38. The van der Waals surface area contributed by atoms with Gasteiger partial charge in [-0.15, -0.1) is 0 Å². The van der Waals surface area contributed by atoms with Gasteiger partial charge in [0.2, 0.25) is 0 Å². The van der Waals surface area contributed by atoms with E-state index in [1.807, 2.05) is 0 Å². The van der Waals surface area contributed by atoms with Crippen molar-refractivity contribution in [2.24, 2.45) is 0 Å². The van der Waals surface area contributed by atoms with E-state index in [-0.39, 0.29) is 0 Å². The van der Waals surface area contributed by atoms with Gasteiger partial charge in [0.25, 0.3) is 0 Å². The number of fused-ring (bicyclic) bond motifs is 4.